The smallest absolute Gasteiger partial charge is 0.141 e. The zero-order valence-electron chi connectivity index (χ0n) is 13.1. The number of rotatable bonds is 3. The summed E-state index contributed by atoms with van der Waals surface area (Å²) in [6.07, 6.45) is 0. The first-order chi connectivity index (χ1) is 9.79. The molecular formula is C17H20N2OS. The van der Waals surface area contributed by atoms with E-state index < -0.39 is 0 Å². The summed E-state index contributed by atoms with van der Waals surface area (Å²) in [5.74, 6) is 1.50. The lowest BCUT2D eigenvalue weighted by atomic mass is 10.1. The monoisotopic (exact) mass is 300 g/mol. The van der Waals surface area contributed by atoms with Gasteiger partial charge < -0.3 is 10.5 Å². The molecule has 0 atom stereocenters. The maximum Gasteiger partial charge on any atom is 0.141 e. The minimum absolute atomic E-state index is 0.303. The van der Waals surface area contributed by atoms with Crippen LogP contribution in [-0.4, -0.2) is 9.97 Å². The Bertz CT molecular complexity index is 723. The van der Waals surface area contributed by atoms with Crippen molar-refractivity contribution in [1.29, 1.82) is 0 Å². The fourth-order valence-electron chi connectivity index (χ4n) is 2.40. The summed E-state index contributed by atoms with van der Waals surface area (Å²) in [6.45, 7) is 10.00. The predicted molar refractivity (Wildman–Crippen MR) is 90.3 cm³/mol. The van der Waals surface area contributed by atoms with E-state index in [0.717, 1.165) is 28.3 Å². The normalized spacial score (nSPS) is 10.5. The standard InChI is InChI=1S/C17H20N2OS/c1-9-6-10(2)12(4)14(7-9)20-15-8-11(3)19-13(5)16(15)17(18)21/h6-8H,1-5H3,(H2,18,21). The van der Waals surface area contributed by atoms with Gasteiger partial charge in [-0.2, -0.15) is 0 Å². The van der Waals surface area contributed by atoms with Crippen molar-refractivity contribution < 1.29 is 4.74 Å². The van der Waals surface area contributed by atoms with Crippen LogP contribution in [0.5, 0.6) is 11.5 Å². The van der Waals surface area contributed by atoms with Gasteiger partial charge in [0.05, 0.1) is 11.3 Å². The second-order valence-corrected chi connectivity index (χ2v) is 5.83. The lowest BCUT2D eigenvalue weighted by molar-refractivity contribution is 0.475. The van der Waals surface area contributed by atoms with Crippen LogP contribution in [0.15, 0.2) is 18.2 Å². The number of hydrogen-bond donors (Lipinski definition) is 1. The predicted octanol–water partition coefficient (Wildman–Crippen LogP) is 4.05. The van der Waals surface area contributed by atoms with Crippen LogP contribution in [0.2, 0.25) is 0 Å². The van der Waals surface area contributed by atoms with Gasteiger partial charge in [-0.25, -0.2) is 0 Å². The third-order valence-electron chi connectivity index (χ3n) is 3.52. The molecule has 110 valence electrons. The Morgan fingerprint density at radius 3 is 2.33 bits per heavy atom. The van der Waals surface area contributed by atoms with E-state index in [-0.39, 0.29) is 0 Å². The summed E-state index contributed by atoms with van der Waals surface area (Å²) in [7, 11) is 0. The van der Waals surface area contributed by atoms with Gasteiger partial charge in [0.1, 0.15) is 16.5 Å². The molecule has 4 heteroatoms. The van der Waals surface area contributed by atoms with Crippen LogP contribution >= 0.6 is 12.2 Å². The zero-order chi connectivity index (χ0) is 15.7. The Balaban J connectivity index is 2.57. The zero-order valence-corrected chi connectivity index (χ0v) is 13.9. The Hall–Kier alpha value is -1.94. The Labute approximate surface area is 131 Å². The SMILES string of the molecule is Cc1cc(C)c(C)c(Oc2cc(C)nc(C)c2C(N)=S)c1. The molecule has 0 aliphatic rings. The Morgan fingerprint density at radius 2 is 1.71 bits per heavy atom. The van der Waals surface area contributed by atoms with Crippen molar-refractivity contribution in [1.82, 2.24) is 4.98 Å². The first kappa shape index (κ1) is 15.4. The van der Waals surface area contributed by atoms with Crippen LogP contribution in [0, 0.1) is 34.6 Å². The number of aromatic nitrogens is 1. The van der Waals surface area contributed by atoms with E-state index in [2.05, 4.69) is 24.9 Å². The van der Waals surface area contributed by atoms with Crippen molar-refractivity contribution in [3.05, 3.63) is 51.8 Å². The van der Waals surface area contributed by atoms with E-state index in [4.69, 9.17) is 22.7 Å². The van der Waals surface area contributed by atoms with Gasteiger partial charge in [0.15, 0.2) is 0 Å². The number of nitrogens with zero attached hydrogens (tertiary/aromatic N) is 1. The van der Waals surface area contributed by atoms with Crippen LogP contribution in [0.3, 0.4) is 0 Å². The van der Waals surface area contributed by atoms with Crippen LogP contribution < -0.4 is 10.5 Å². The first-order valence-corrected chi connectivity index (χ1v) is 7.24. The molecule has 0 amide bonds. The molecule has 0 unspecified atom stereocenters. The van der Waals surface area contributed by atoms with Crippen molar-refractivity contribution in [2.75, 3.05) is 0 Å². The highest BCUT2D eigenvalue weighted by Crippen LogP contribution is 2.32. The summed E-state index contributed by atoms with van der Waals surface area (Å²) >= 11 is 5.14. The average Bonchev–Trinajstić information content (AvgIpc) is 2.33. The Morgan fingerprint density at radius 1 is 1.05 bits per heavy atom. The molecule has 0 fully saturated rings. The minimum atomic E-state index is 0.303. The summed E-state index contributed by atoms with van der Waals surface area (Å²) < 4.78 is 6.12. The van der Waals surface area contributed by atoms with Crippen molar-refractivity contribution in [3.8, 4) is 11.5 Å². The maximum absolute atomic E-state index is 6.12. The molecule has 21 heavy (non-hydrogen) atoms. The Kier molecular flexibility index (Phi) is 4.28. The number of pyridine rings is 1. The van der Waals surface area contributed by atoms with Crippen LogP contribution in [-0.2, 0) is 0 Å². The number of thiocarbonyl (C=S) groups is 1. The fourth-order valence-corrected chi connectivity index (χ4v) is 2.65. The third kappa shape index (κ3) is 3.22. The van der Waals surface area contributed by atoms with Crippen LogP contribution in [0.1, 0.15) is 33.6 Å². The molecule has 0 spiro atoms. The molecular weight excluding hydrogens is 280 g/mol. The van der Waals surface area contributed by atoms with Crippen molar-refractivity contribution in [3.63, 3.8) is 0 Å². The van der Waals surface area contributed by atoms with Gasteiger partial charge in [-0.1, -0.05) is 18.3 Å². The molecule has 0 bridgehead atoms. The molecule has 2 N–H and O–H groups in total. The van der Waals surface area contributed by atoms with E-state index in [1.54, 1.807) is 0 Å². The third-order valence-corrected chi connectivity index (χ3v) is 3.73. The number of hydrogen-bond acceptors (Lipinski definition) is 3. The van der Waals surface area contributed by atoms with Crippen LogP contribution in [0.4, 0.5) is 0 Å². The second-order valence-electron chi connectivity index (χ2n) is 5.39. The lowest BCUT2D eigenvalue weighted by Gasteiger charge is -2.16. The number of nitrogens with two attached hydrogens (primary N) is 1. The fraction of sp³-hybridized carbons (Fsp3) is 0.294. The topological polar surface area (TPSA) is 48.1 Å². The van der Waals surface area contributed by atoms with E-state index in [0.29, 0.717) is 16.3 Å². The molecule has 0 saturated carbocycles. The molecule has 0 saturated heterocycles. The first-order valence-electron chi connectivity index (χ1n) is 6.83. The van der Waals surface area contributed by atoms with Crippen molar-refractivity contribution in [2.45, 2.75) is 34.6 Å². The molecule has 0 radical (unpaired) electrons. The van der Waals surface area contributed by atoms with Crippen molar-refractivity contribution in [2.24, 2.45) is 5.73 Å². The van der Waals surface area contributed by atoms with Gasteiger partial charge in [0.25, 0.3) is 0 Å². The molecule has 1 aromatic heterocycles. The van der Waals surface area contributed by atoms with E-state index >= 15 is 0 Å². The van der Waals surface area contributed by atoms with Gasteiger partial charge in [-0.15, -0.1) is 0 Å². The van der Waals surface area contributed by atoms with Gasteiger partial charge in [-0.3, -0.25) is 4.98 Å². The number of ether oxygens (including phenoxy) is 1. The quantitative estimate of drug-likeness (QED) is 0.869. The highest BCUT2D eigenvalue weighted by molar-refractivity contribution is 7.80. The van der Waals surface area contributed by atoms with E-state index in [9.17, 15) is 0 Å². The highest BCUT2D eigenvalue weighted by Gasteiger charge is 2.15. The summed E-state index contributed by atoms with van der Waals surface area (Å²) in [5.41, 5.74) is 11.7. The maximum atomic E-state index is 6.12. The molecule has 2 rings (SSSR count). The summed E-state index contributed by atoms with van der Waals surface area (Å²) in [4.78, 5) is 4.71. The summed E-state index contributed by atoms with van der Waals surface area (Å²) in [5, 5.41) is 0. The molecule has 0 aliphatic carbocycles. The van der Waals surface area contributed by atoms with E-state index in [1.165, 1.54) is 5.56 Å². The van der Waals surface area contributed by atoms with Crippen LogP contribution in [0.25, 0.3) is 0 Å². The lowest BCUT2D eigenvalue weighted by Crippen LogP contribution is -2.14. The van der Waals surface area contributed by atoms with Gasteiger partial charge in [0, 0.05) is 11.8 Å². The molecule has 1 aromatic carbocycles. The summed E-state index contributed by atoms with van der Waals surface area (Å²) in [6, 6.07) is 6.04. The van der Waals surface area contributed by atoms with Gasteiger partial charge in [0.2, 0.25) is 0 Å². The van der Waals surface area contributed by atoms with Gasteiger partial charge in [-0.05, 0) is 57.4 Å². The van der Waals surface area contributed by atoms with Gasteiger partial charge >= 0.3 is 0 Å². The minimum Gasteiger partial charge on any atom is -0.456 e. The van der Waals surface area contributed by atoms with Crippen molar-refractivity contribution >= 4 is 17.2 Å². The molecule has 2 aromatic rings. The molecule has 0 aliphatic heterocycles. The average molecular weight is 300 g/mol. The molecule has 1 heterocycles. The number of aryl methyl sites for hydroxylation is 4. The molecule has 3 nitrogen and oxygen atoms in total. The highest BCUT2D eigenvalue weighted by atomic mass is 32.1. The number of benzene rings is 1. The second kappa shape index (κ2) is 5.82. The van der Waals surface area contributed by atoms with E-state index in [1.807, 2.05) is 32.9 Å². The largest absolute Gasteiger partial charge is 0.456 e.